The van der Waals surface area contributed by atoms with E-state index in [1.54, 1.807) is 12.2 Å². The van der Waals surface area contributed by atoms with E-state index in [1.165, 1.54) is 0 Å². The molecule has 0 heterocycles. The summed E-state index contributed by atoms with van der Waals surface area (Å²) >= 11 is 0. The zero-order valence-corrected chi connectivity index (χ0v) is 5.93. The molecule has 0 rings (SSSR count). The van der Waals surface area contributed by atoms with Crippen molar-refractivity contribution in [2.24, 2.45) is 0 Å². The Kier molecular flexibility index (Phi) is 13.3. The van der Waals surface area contributed by atoms with Crippen molar-refractivity contribution in [3.63, 3.8) is 0 Å². The van der Waals surface area contributed by atoms with Gasteiger partial charge in [0.1, 0.15) is 0 Å². The summed E-state index contributed by atoms with van der Waals surface area (Å²) in [7, 11) is 0. The number of hydrogen-bond acceptors (Lipinski definition) is 0. The molecule has 8 heavy (non-hydrogen) atoms. The van der Waals surface area contributed by atoms with E-state index in [2.05, 4.69) is 18.5 Å². The second-order valence-corrected chi connectivity index (χ2v) is 1.17. The van der Waals surface area contributed by atoms with Gasteiger partial charge >= 0.3 is 0 Å². The lowest BCUT2D eigenvalue weighted by molar-refractivity contribution is 0.826. The Balaban J connectivity index is 0. The van der Waals surface area contributed by atoms with E-state index in [0.717, 1.165) is 13.1 Å². The number of nitrogens with zero attached hydrogens (tertiary/aromatic N) is 1. The average Bonchev–Trinajstić information content (AvgIpc) is 1.69. The summed E-state index contributed by atoms with van der Waals surface area (Å²) < 4.78 is 0. The normalized spacial score (nSPS) is 7.00. The minimum Gasteiger partial charge on any atom is -0.234 e. The number of hydrogen-bond donors (Lipinski definition) is 0. The quantitative estimate of drug-likeness (QED) is 0.399. The monoisotopic (exact) mass is 130 g/mol. The van der Waals surface area contributed by atoms with E-state index in [1.807, 2.05) is 0 Å². The van der Waals surface area contributed by atoms with Crippen molar-refractivity contribution in [1.29, 1.82) is 0 Å². The molecule has 0 amide bonds. The maximum absolute atomic E-state index is 3.97. The molecule has 0 saturated heterocycles. The molecule has 0 aliphatic heterocycles. The largest absolute Gasteiger partial charge is 0.234 e. The molecule has 1 radical (unpaired) electrons. The van der Waals surface area contributed by atoms with Gasteiger partial charge in [-0.2, -0.15) is 13.5 Å². The molecule has 0 aromatic heterocycles. The topological polar surface area (TPSA) is 14.1 Å². The molecule has 0 spiro atoms. The van der Waals surface area contributed by atoms with Gasteiger partial charge in [0.05, 0.1) is 0 Å². The first-order chi connectivity index (χ1) is 3.41. The van der Waals surface area contributed by atoms with Crippen molar-refractivity contribution < 1.29 is 0 Å². The molecular formula is C6H12NS. The fourth-order valence-electron chi connectivity index (χ4n) is 0.257. The van der Waals surface area contributed by atoms with E-state index < -0.39 is 0 Å². The van der Waals surface area contributed by atoms with Crippen LogP contribution in [0.3, 0.4) is 0 Å². The summed E-state index contributed by atoms with van der Waals surface area (Å²) in [6, 6.07) is 0. The highest BCUT2D eigenvalue weighted by molar-refractivity contribution is 7.59. The van der Waals surface area contributed by atoms with Gasteiger partial charge in [-0.15, -0.1) is 13.2 Å². The van der Waals surface area contributed by atoms with Gasteiger partial charge in [-0.05, 0) is 0 Å². The average molecular weight is 130 g/mol. The molecule has 0 aliphatic carbocycles. The Morgan fingerprint density at radius 2 is 1.50 bits per heavy atom. The predicted molar refractivity (Wildman–Crippen MR) is 42.6 cm³/mol. The zero-order chi connectivity index (χ0) is 5.54. The van der Waals surface area contributed by atoms with Crippen LogP contribution in [-0.4, -0.2) is 13.1 Å². The second-order valence-electron chi connectivity index (χ2n) is 1.17. The first-order valence-corrected chi connectivity index (χ1v) is 2.27. The van der Waals surface area contributed by atoms with Crippen LogP contribution in [0.15, 0.2) is 25.3 Å². The third kappa shape index (κ3) is 9.25. The van der Waals surface area contributed by atoms with Crippen LogP contribution >= 0.6 is 13.5 Å². The zero-order valence-electron chi connectivity index (χ0n) is 4.93. The first-order valence-electron chi connectivity index (χ1n) is 2.27. The summed E-state index contributed by atoms with van der Waals surface area (Å²) in [6.07, 6.45) is 3.53. The van der Waals surface area contributed by atoms with Crippen LogP contribution in [0.1, 0.15) is 0 Å². The molecule has 1 nitrogen and oxygen atoms in total. The van der Waals surface area contributed by atoms with E-state index in [0.29, 0.717) is 0 Å². The van der Waals surface area contributed by atoms with Crippen molar-refractivity contribution in [3.8, 4) is 0 Å². The van der Waals surface area contributed by atoms with Crippen molar-refractivity contribution in [2.45, 2.75) is 0 Å². The minimum atomic E-state index is 0. The molecule has 0 fully saturated rings. The lowest BCUT2D eigenvalue weighted by atomic mass is 10.5. The lowest BCUT2D eigenvalue weighted by Gasteiger charge is -1.86. The van der Waals surface area contributed by atoms with E-state index in [4.69, 9.17) is 0 Å². The van der Waals surface area contributed by atoms with Gasteiger partial charge in [0.25, 0.3) is 0 Å². The van der Waals surface area contributed by atoms with Crippen molar-refractivity contribution in [2.75, 3.05) is 13.1 Å². The Labute approximate surface area is 57.9 Å². The first kappa shape index (κ1) is 10.7. The molecule has 0 saturated carbocycles. The van der Waals surface area contributed by atoms with Crippen molar-refractivity contribution in [3.05, 3.63) is 25.3 Å². The van der Waals surface area contributed by atoms with Gasteiger partial charge in [0.2, 0.25) is 0 Å². The summed E-state index contributed by atoms with van der Waals surface area (Å²) in [6.45, 7) is 8.49. The molecule has 0 aliphatic rings. The fourth-order valence-corrected chi connectivity index (χ4v) is 0.257. The van der Waals surface area contributed by atoms with E-state index in [-0.39, 0.29) is 13.5 Å². The lowest BCUT2D eigenvalue weighted by Crippen LogP contribution is -2.02. The predicted octanol–water partition coefficient (Wildman–Crippen LogP) is 1.08. The van der Waals surface area contributed by atoms with Crippen LogP contribution in [0, 0.1) is 0 Å². The molecule has 0 bridgehead atoms. The van der Waals surface area contributed by atoms with Crippen LogP contribution in [0.2, 0.25) is 0 Å². The molecule has 47 valence electrons. The van der Waals surface area contributed by atoms with Gasteiger partial charge in [0, 0.05) is 13.1 Å². The maximum Gasteiger partial charge on any atom is 0.0315 e. The van der Waals surface area contributed by atoms with Crippen molar-refractivity contribution in [1.82, 2.24) is 5.32 Å². The highest BCUT2D eigenvalue weighted by Crippen LogP contribution is 1.63. The van der Waals surface area contributed by atoms with Gasteiger partial charge in [-0.1, -0.05) is 12.2 Å². The van der Waals surface area contributed by atoms with Crippen LogP contribution < -0.4 is 5.32 Å². The second kappa shape index (κ2) is 9.92. The fraction of sp³-hybridized carbons (Fsp3) is 0.333. The molecule has 0 aromatic rings. The van der Waals surface area contributed by atoms with Crippen LogP contribution in [-0.2, 0) is 0 Å². The Morgan fingerprint density at radius 3 is 1.75 bits per heavy atom. The van der Waals surface area contributed by atoms with Crippen LogP contribution in [0.4, 0.5) is 0 Å². The van der Waals surface area contributed by atoms with Crippen LogP contribution in [0.5, 0.6) is 0 Å². The summed E-state index contributed by atoms with van der Waals surface area (Å²) in [5.74, 6) is 0. The molecule has 0 unspecified atom stereocenters. The molecule has 0 aromatic carbocycles. The minimum absolute atomic E-state index is 0. The van der Waals surface area contributed by atoms with E-state index >= 15 is 0 Å². The standard InChI is InChI=1S/C6H10N.H2S/c1-3-5-7-6-4-2;/h3-4H,1-2,5-6H2;1H2. The van der Waals surface area contributed by atoms with Gasteiger partial charge in [-0.3, -0.25) is 0 Å². The summed E-state index contributed by atoms with van der Waals surface area (Å²) in [4.78, 5) is 0. The molecule has 0 atom stereocenters. The molecular weight excluding hydrogens is 118 g/mol. The smallest absolute Gasteiger partial charge is 0.0315 e. The van der Waals surface area contributed by atoms with Crippen molar-refractivity contribution >= 4 is 13.5 Å². The SMILES string of the molecule is C=CC[N]CC=C.S. The number of rotatable bonds is 4. The Morgan fingerprint density at radius 1 is 1.12 bits per heavy atom. The highest BCUT2D eigenvalue weighted by Gasteiger charge is 1.72. The van der Waals surface area contributed by atoms with Crippen LogP contribution in [0.25, 0.3) is 0 Å². The van der Waals surface area contributed by atoms with Gasteiger partial charge < -0.3 is 0 Å². The van der Waals surface area contributed by atoms with Gasteiger partial charge in [0.15, 0.2) is 0 Å². The molecule has 2 heteroatoms. The van der Waals surface area contributed by atoms with E-state index in [9.17, 15) is 0 Å². The third-order valence-corrected chi connectivity index (χ3v) is 0.516. The Bertz CT molecular complexity index is 53.5. The summed E-state index contributed by atoms with van der Waals surface area (Å²) in [5, 5.41) is 3.97. The highest BCUT2D eigenvalue weighted by atomic mass is 32.1. The maximum atomic E-state index is 3.97. The summed E-state index contributed by atoms with van der Waals surface area (Å²) in [5.41, 5.74) is 0. The van der Waals surface area contributed by atoms with Gasteiger partial charge in [-0.25, -0.2) is 5.32 Å². The Hall–Kier alpha value is -0.210. The molecule has 0 N–H and O–H groups in total. The third-order valence-electron chi connectivity index (χ3n) is 0.516.